The van der Waals surface area contributed by atoms with Crippen molar-refractivity contribution in [2.24, 2.45) is 0 Å². The van der Waals surface area contributed by atoms with Crippen molar-refractivity contribution in [1.29, 1.82) is 0 Å². The molecule has 0 amide bonds. The normalized spacial score (nSPS) is 15.4. The van der Waals surface area contributed by atoms with Crippen molar-refractivity contribution in [2.45, 2.75) is 20.0 Å². The fourth-order valence-electron chi connectivity index (χ4n) is 3.11. The van der Waals surface area contributed by atoms with Crippen LogP contribution < -0.4 is 9.47 Å². The minimum absolute atomic E-state index is 0.190. The zero-order valence-corrected chi connectivity index (χ0v) is 15.5. The van der Waals surface area contributed by atoms with Gasteiger partial charge in [0.05, 0.1) is 12.2 Å². The summed E-state index contributed by atoms with van der Waals surface area (Å²) in [6.45, 7) is 3.64. The Morgan fingerprint density at radius 3 is 2.89 bits per heavy atom. The lowest BCUT2D eigenvalue weighted by atomic mass is 10.1. The third kappa shape index (κ3) is 3.24. The van der Waals surface area contributed by atoms with E-state index in [1.807, 2.05) is 30.5 Å². The van der Waals surface area contributed by atoms with Crippen LogP contribution in [0.2, 0.25) is 0 Å². The van der Waals surface area contributed by atoms with Crippen LogP contribution >= 0.6 is 0 Å². The summed E-state index contributed by atoms with van der Waals surface area (Å²) < 4.78 is 16.3. The SMILES string of the molecule is CCOC(=O)[C@@H](C)Oc1ccc2c(c1)O/C(=C/c1c[nH]c3ccccc13)C2=O. The van der Waals surface area contributed by atoms with Crippen molar-refractivity contribution in [1.82, 2.24) is 4.98 Å². The molecular weight excluding hydrogens is 358 g/mol. The first-order chi connectivity index (χ1) is 13.6. The van der Waals surface area contributed by atoms with E-state index in [9.17, 15) is 9.59 Å². The fourth-order valence-corrected chi connectivity index (χ4v) is 3.11. The molecule has 28 heavy (non-hydrogen) atoms. The summed E-state index contributed by atoms with van der Waals surface area (Å²) in [6, 6.07) is 12.7. The third-order valence-electron chi connectivity index (χ3n) is 4.48. The largest absolute Gasteiger partial charge is 0.479 e. The summed E-state index contributed by atoms with van der Waals surface area (Å²) in [7, 11) is 0. The van der Waals surface area contributed by atoms with E-state index >= 15 is 0 Å². The Morgan fingerprint density at radius 1 is 1.25 bits per heavy atom. The standard InChI is InChI=1S/C22H19NO5/c1-3-26-22(25)13(2)27-15-8-9-17-19(11-15)28-20(21(17)24)10-14-12-23-18-7-5-4-6-16(14)18/h4-13,23H,3H2,1-2H3/b20-10+/t13-/m1/s1. The molecule has 3 aromatic rings. The van der Waals surface area contributed by atoms with Gasteiger partial charge in [0.1, 0.15) is 11.5 Å². The number of carbonyl (C=O) groups is 2. The van der Waals surface area contributed by atoms with Crippen LogP contribution in [0.5, 0.6) is 11.5 Å². The molecule has 1 aromatic heterocycles. The number of benzene rings is 2. The van der Waals surface area contributed by atoms with Crippen LogP contribution in [-0.2, 0) is 9.53 Å². The predicted octanol–water partition coefficient (Wildman–Crippen LogP) is 4.11. The lowest BCUT2D eigenvalue weighted by Crippen LogP contribution is -2.26. The molecule has 4 rings (SSSR count). The number of esters is 1. The zero-order valence-electron chi connectivity index (χ0n) is 15.5. The van der Waals surface area contributed by atoms with Crippen LogP contribution in [0.1, 0.15) is 29.8 Å². The Labute approximate surface area is 161 Å². The van der Waals surface area contributed by atoms with Crippen LogP contribution in [0, 0.1) is 0 Å². The lowest BCUT2D eigenvalue weighted by molar-refractivity contribution is -0.150. The molecule has 1 atom stereocenters. The molecule has 0 aliphatic carbocycles. The second kappa shape index (κ2) is 7.23. The quantitative estimate of drug-likeness (QED) is 0.535. The van der Waals surface area contributed by atoms with Crippen molar-refractivity contribution >= 4 is 28.7 Å². The van der Waals surface area contributed by atoms with Gasteiger partial charge in [0.2, 0.25) is 5.78 Å². The Bertz CT molecular complexity index is 1100. The molecule has 1 N–H and O–H groups in total. The number of para-hydroxylation sites is 1. The minimum Gasteiger partial charge on any atom is -0.479 e. The van der Waals surface area contributed by atoms with Gasteiger partial charge in [0.15, 0.2) is 11.9 Å². The van der Waals surface area contributed by atoms with Gasteiger partial charge < -0.3 is 19.2 Å². The number of nitrogens with one attached hydrogen (secondary N) is 1. The van der Waals surface area contributed by atoms with E-state index in [0.29, 0.717) is 17.1 Å². The first kappa shape index (κ1) is 17.9. The average molecular weight is 377 g/mol. The zero-order chi connectivity index (χ0) is 19.7. The number of ether oxygens (including phenoxy) is 3. The number of ketones is 1. The number of Topliss-reactive ketones (excluding diaryl/α,β-unsaturated/α-hetero) is 1. The summed E-state index contributed by atoms with van der Waals surface area (Å²) in [5.74, 6) is 0.450. The van der Waals surface area contributed by atoms with E-state index in [1.54, 1.807) is 38.1 Å². The Balaban J connectivity index is 1.57. The summed E-state index contributed by atoms with van der Waals surface area (Å²) in [6.07, 6.45) is 2.81. The van der Waals surface area contributed by atoms with Gasteiger partial charge in [0.25, 0.3) is 0 Å². The molecule has 0 bridgehead atoms. The molecule has 0 unspecified atom stereocenters. The van der Waals surface area contributed by atoms with Crippen molar-refractivity contribution < 1.29 is 23.8 Å². The summed E-state index contributed by atoms with van der Waals surface area (Å²) in [4.78, 5) is 27.6. The Hall–Kier alpha value is -3.54. The fraction of sp³-hybridized carbons (Fsp3) is 0.182. The van der Waals surface area contributed by atoms with Gasteiger partial charge >= 0.3 is 5.97 Å². The van der Waals surface area contributed by atoms with Gasteiger partial charge in [-0.05, 0) is 38.1 Å². The molecule has 0 fully saturated rings. The molecule has 6 nitrogen and oxygen atoms in total. The highest BCUT2D eigenvalue weighted by Gasteiger charge is 2.28. The monoisotopic (exact) mass is 377 g/mol. The Morgan fingerprint density at radius 2 is 2.07 bits per heavy atom. The van der Waals surface area contributed by atoms with Crippen LogP contribution in [0.3, 0.4) is 0 Å². The molecule has 0 spiro atoms. The first-order valence-corrected chi connectivity index (χ1v) is 9.04. The van der Waals surface area contributed by atoms with E-state index in [0.717, 1.165) is 16.5 Å². The highest BCUT2D eigenvalue weighted by atomic mass is 16.6. The third-order valence-corrected chi connectivity index (χ3v) is 4.48. The number of aromatic nitrogens is 1. The maximum Gasteiger partial charge on any atom is 0.347 e. The molecule has 0 radical (unpaired) electrons. The molecule has 0 saturated heterocycles. The molecule has 6 heteroatoms. The van der Waals surface area contributed by atoms with Gasteiger partial charge in [-0.3, -0.25) is 4.79 Å². The number of carbonyl (C=O) groups excluding carboxylic acids is 2. The molecule has 142 valence electrons. The van der Waals surface area contributed by atoms with Crippen molar-refractivity contribution in [3.63, 3.8) is 0 Å². The van der Waals surface area contributed by atoms with Crippen LogP contribution in [0.4, 0.5) is 0 Å². The van der Waals surface area contributed by atoms with Gasteiger partial charge in [0, 0.05) is 28.7 Å². The number of H-pyrrole nitrogens is 1. The second-order valence-electron chi connectivity index (χ2n) is 6.40. The Kier molecular flexibility index (Phi) is 4.61. The smallest absolute Gasteiger partial charge is 0.347 e. The average Bonchev–Trinajstić information content (AvgIpc) is 3.23. The molecular formula is C22H19NO5. The number of aromatic amines is 1. The molecule has 0 saturated carbocycles. The number of rotatable bonds is 5. The first-order valence-electron chi connectivity index (χ1n) is 9.04. The highest BCUT2D eigenvalue weighted by Crippen LogP contribution is 2.35. The van der Waals surface area contributed by atoms with Gasteiger partial charge in [-0.25, -0.2) is 4.79 Å². The lowest BCUT2D eigenvalue weighted by Gasteiger charge is -2.13. The summed E-state index contributed by atoms with van der Waals surface area (Å²) in [5, 5.41) is 1.01. The van der Waals surface area contributed by atoms with E-state index < -0.39 is 12.1 Å². The van der Waals surface area contributed by atoms with Crippen molar-refractivity contribution in [2.75, 3.05) is 6.61 Å². The van der Waals surface area contributed by atoms with E-state index in [1.165, 1.54) is 0 Å². The number of hydrogen-bond donors (Lipinski definition) is 1. The van der Waals surface area contributed by atoms with E-state index in [4.69, 9.17) is 14.2 Å². The van der Waals surface area contributed by atoms with E-state index in [-0.39, 0.29) is 18.1 Å². The molecule has 2 aromatic carbocycles. The summed E-state index contributed by atoms with van der Waals surface area (Å²) >= 11 is 0. The number of hydrogen-bond acceptors (Lipinski definition) is 5. The van der Waals surface area contributed by atoms with E-state index in [2.05, 4.69) is 4.98 Å². The van der Waals surface area contributed by atoms with Crippen molar-refractivity contribution in [3.8, 4) is 11.5 Å². The van der Waals surface area contributed by atoms with Gasteiger partial charge in [-0.15, -0.1) is 0 Å². The summed E-state index contributed by atoms with van der Waals surface area (Å²) in [5.41, 5.74) is 2.32. The maximum absolute atomic E-state index is 12.7. The number of fused-ring (bicyclic) bond motifs is 2. The maximum atomic E-state index is 12.7. The van der Waals surface area contributed by atoms with Crippen LogP contribution in [-0.4, -0.2) is 29.4 Å². The predicted molar refractivity (Wildman–Crippen MR) is 104 cm³/mol. The van der Waals surface area contributed by atoms with Crippen LogP contribution in [0.25, 0.3) is 17.0 Å². The molecule has 2 heterocycles. The topological polar surface area (TPSA) is 77.6 Å². The van der Waals surface area contributed by atoms with Crippen LogP contribution in [0.15, 0.2) is 54.4 Å². The minimum atomic E-state index is -0.753. The molecule has 1 aliphatic rings. The highest BCUT2D eigenvalue weighted by molar-refractivity contribution is 6.15. The number of allylic oxidation sites excluding steroid dienone is 1. The van der Waals surface area contributed by atoms with Gasteiger partial charge in [-0.1, -0.05) is 18.2 Å². The second-order valence-corrected chi connectivity index (χ2v) is 6.40. The molecule has 1 aliphatic heterocycles. The van der Waals surface area contributed by atoms with Crippen molar-refractivity contribution in [3.05, 3.63) is 65.5 Å². The van der Waals surface area contributed by atoms with Gasteiger partial charge in [-0.2, -0.15) is 0 Å².